The smallest absolute Gasteiger partial charge is 0.212 e. The van der Waals surface area contributed by atoms with Crippen LogP contribution in [0.1, 0.15) is 27.7 Å². The number of sulfonamides is 1. The second-order valence-corrected chi connectivity index (χ2v) is 10.1. The van der Waals surface area contributed by atoms with E-state index in [9.17, 15) is 8.42 Å². The Kier molecular flexibility index (Phi) is 5.46. The molecule has 1 fully saturated rings. The Balaban J connectivity index is 1.68. The van der Waals surface area contributed by atoms with Gasteiger partial charge in [-0.05, 0) is 30.4 Å². The Bertz CT molecular complexity index is 741. The van der Waals surface area contributed by atoms with Crippen LogP contribution < -0.4 is 0 Å². The molecule has 0 radical (unpaired) electrons. The number of rotatable bonds is 4. The summed E-state index contributed by atoms with van der Waals surface area (Å²) >= 11 is 3.64. The summed E-state index contributed by atoms with van der Waals surface area (Å²) in [6.45, 7) is 3.22. The third-order valence-corrected chi connectivity index (χ3v) is 8.28. The highest BCUT2D eigenvalue weighted by atomic mass is 32.2. The third-order valence-electron chi connectivity index (χ3n) is 3.99. The average Bonchev–Trinajstić information content (AvgIpc) is 2.90. The Hall–Kier alpha value is -0.820. The minimum atomic E-state index is -3.25. The van der Waals surface area contributed by atoms with E-state index in [0.29, 0.717) is 18.3 Å². The van der Waals surface area contributed by atoms with E-state index in [2.05, 4.69) is 17.5 Å². The van der Waals surface area contributed by atoms with Gasteiger partial charge in [0.15, 0.2) is 0 Å². The number of thiophene rings is 1. The average molecular weight is 368 g/mol. The van der Waals surface area contributed by atoms with E-state index in [1.807, 2.05) is 43.0 Å². The molecular weight excluding hydrogens is 346 g/mol. The van der Waals surface area contributed by atoms with E-state index in [1.54, 1.807) is 15.6 Å². The van der Waals surface area contributed by atoms with Crippen molar-refractivity contribution in [3.05, 3.63) is 57.8 Å². The summed E-state index contributed by atoms with van der Waals surface area (Å²) in [6, 6.07) is 12.0. The molecule has 6 heteroatoms. The summed E-state index contributed by atoms with van der Waals surface area (Å²) in [5.41, 5.74) is 1.97. The van der Waals surface area contributed by atoms with Gasteiger partial charge in [0.05, 0.1) is 5.75 Å². The molecule has 2 heterocycles. The van der Waals surface area contributed by atoms with Gasteiger partial charge >= 0.3 is 0 Å². The van der Waals surface area contributed by atoms with Crippen LogP contribution in [0.5, 0.6) is 0 Å². The first kappa shape index (κ1) is 17.0. The lowest BCUT2D eigenvalue weighted by Gasteiger charge is -2.20. The van der Waals surface area contributed by atoms with Crippen molar-refractivity contribution in [1.29, 1.82) is 0 Å². The second kappa shape index (κ2) is 7.38. The van der Waals surface area contributed by atoms with Gasteiger partial charge in [-0.1, -0.05) is 35.9 Å². The van der Waals surface area contributed by atoms with Crippen molar-refractivity contribution in [2.45, 2.75) is 24.3 Å². The number of aryl methyl sites for hydroxylation is 1. The quantitative estimate of drug-likeness (QED) is 0.817. The van der Waals surface area contributed by atoms with Crippen molar-refractivity contribution in [2.75, 3.05) is 18.8 Å². The van der Waals surface area contributed by atoms with Gasteiger partial charge in [0.1, 0.15) is 0 Å². The highest BCUT2D eigenvalue weighted by Gasteiger charge is 2.27. The molecule has 1 saturated heterocycles. The molecule has 0 spiro atoms. The van der Waals surface area contributed by atoms with Gasteiger partial charge in [0.25, 0.3) is 0 Å². The number of hydrogen-bond acceptors (Lipinski definition) is 4. The summed E-state index contributed by atoms with van der Waals surface area (Å²) < 4.78 is 27.1. The third kappa shape index (κ3) is 4.38. The number of benzene rings is 1. The predicted molar refractivity (Wildman–Crippen MR) is 99.5 cm³/mol. The van der Waals surface area contributed by atoms with Gasteiger partial charge in [0.2, 0.25) is 10.0 Å². The van der Waals surface area contributed by atoms with Crippen molar-refractivity contribution < 1.29 is 8.42 Å². The molecule has 3 rings (SSSR count). The van der Waals surface area contributed by atoms with Crippen LogP contribution in [-0.2, 0) is 15.8 Å². The fraction of sp³-hybridized carbons (Fsp3) is 0.412. The molecule has 1 aromatic heterocycles. The van der Waals surface area contributed by atoms with Crippen molar-refractivity contribution in [2.24, 2.45) is 0 Å². The molecule has 1 aliphatic heterocycles. The molecule has 0 aliphatic carbocycles. The van der Waals surface area contributed by atoms with E-state index >= 15 is 0 Å². The first-order valence-electron chi connectivity index (χ1n) is 7.73. The molecule has 0 bridgehead atoms. The summed E-state index contributed by atoms with van der Waals surface area (Å²) in [4.78, 5) is 1.35. The second-order valence-electron chi connectivity index (χ2n) is 5.81. The first-order chi connectivity index (χ1) is 11.0. The lowest BCUT2D eigenvalue weighted by atomic mass is 10.2. The van der Waals surface area contributed by atoms with E-state index in [-0.39, 0.29) is 5.75 Å². The van der Waals surface area contributed by atoms with Gasteiger partial charge in [-0.2, -0.15) is 11.8 Å². The molecule has 23 heavy (non-hydrogen) atoms. The van der Waals surface area contributed by atoms with Crippen molar-refractivity contribution in [1.82, 2.24) is 4.31 Å². The van der Waals surface area contributed by atoms with Crippen molar-refractivity contribution >= 4 is 33.1 Å². The van der Waals surface area contributed by atoms with Crippen LogP contribution in [0.15, 0.2) is 41.8 Å². The van der Waals surface area contributed by atoms with Gasteiger partial charge in [0, 0.05) is 29.0 Å². The Labute approximate surface area is 146 Å². The Morgan fingerprint density at radius 1 is 1.22 bits per heavy atom. The van der Waals surface area contributed by atoms with E-state index in [0.717, 1.165) is 23.3 Å². The van der Waals surface area contributed by atoms with Crippen molar-refractivity contribution in [3.63, 3.8) is 0 Å². The largest absolute Gasteiger partial charge is 0.218 e. The number of hydrogen-bond donors (Lipinski definition) is 0. The van der Waals surface area contributed by atoms with Crippen LogP contribution in [0.4, 0.5) is 0 Å². The summed E-state index contributed by atoms with van der Waals surface area (Å²) in [7, 11) is -3.25. The minimum absolute atomic E-state index is 0.100. The van der Waals surface area contributed by atoms with E-state index in [4.69, 9.17) is 0 Å². The number of nitrogens with zero attached hydrogens (tertiary/aromatic N) is 1. The highest BCUT2D eigenvalue weighted by molar-refractivity contribution is 7.99. The molecule has 1 atom stereocenters. The molecule has 0 saturated carbocycles. The van der Waals surface area contributed by atoms with Crippen molar-refractivity contribution in [3.8, 4) is 0 Å². The van der Waals surface area contributed by atoms with Gasteiger partial charge in [-0.15, -0.1) is 11.3 Å². The molecule has 0 unspecified atom stereocenters. The lowest BCUT2D eigenvalue weighted by Crippen LogP contribution is -2.34. The van der Waals surface area contributed by atoms with Gasteiger partial charge < -0.3 is 0 Å². The lowest BCUT2D eigenvalue weighted by molar-refractivity contribution is 0.428. The Morgan fingerprint density at radius 2 is 2.09 bits per heavy atom. The van der Waals surface area contributed by atoms with Crippen LogP contribution in [0, 0.1) is 6.92 Å². The molecule has 2 aromatic rings. The van der Waals surface area contributed by atoms with Crippen LogP contribution in [0.25, 0.3) is 0 Å². The van der Waals surface area contributed by atoms with E-state index < -0.39 is 10.0 Å². The first-order valence-corrected chi connectivity index (χ1v) is 11.3. The fourth-order valence-corrected chi connectivity index (χ4v) is 6.72. The minimum Gasteiger partial charge on any atom is -0.212 e. The number of thioether (sulfide) groups is 1. The van der Waals surface area contributed by atoms with Crippen LogP contribution in [-0.4, -0.2) is 31.6 Å². The van der Waals surface area contributed by atoms with E-state index in [1.165, 1.54) is 4.88 Å². The van der Waals surface area contributed by atoms with Gasteiger partial charge in [-0.25, -0.2) is 12.7 Å². The highest BCUT2D eigenvalue weighted by Crippen LogP contribution is 2.37. The molecule has 1 aromatic carbocycles. The summed E-state index contributed by atoms with van der Waals surface area (Å²) in [5.74, 6) is 0.957. The fourth-order valence-electron chi connectivity index (χ4n) is 2.83. The molecule has 3 nitrogen and oxygen atoms in total. The molecule has 1 aliphatic rings. The maximum Gasteiger partial charge on any atom is 0.218 e. The Morgan fingerprint density at radius 3 is 2.83 bits per heavy atom. The zero-order valence-corrected chi connectivity index (χ0v) is 15.6. The molecule has 0 amide bonds. The maximum absolute atomic E-state index is 12.7. The van der Waals surface area contributed by atoms with Gasteiger partial charge in [-0.3, -0.25) is 0 Å². The predicted octanol–water partition coefficient (Wildman–Crippen LogP) is 4.07. The van der Waals surface area contributed by atoms with Crippen LogP contribution in [0.3, 0.4) is 0 Å². The summed E-state index contributed by atoms with van der Waals surface area (Å²) in [5, 5.41) is 2.52. The monoisotopic (exact) mass is 367 g/mol. The maximum atomic E-state index is 12.7. The molecular formula is C17H21NO2S3. The van der Waals surface area contributed by atoms with Crippen LogP contribution >= 0.6 is 23.1 Å². The zero-order chi connectivity index (χ0) is 16.3. The standard InChI is InChI=1S/C17H21NO2S3/c1-14-4-2-5-15(12-14)13-23(19,20)18-8-7-17(22-11-9-18)16-6-3-10-21-16/h2-6,10,12,17H,7-9,11,13H2,1H3/t17-/m1/s1. The zero-order valence-electron chi connectivity index (χ0n) is 13.1. The normalized spacial score (nSPS) is 20.3. The topological polar surface area (TPSA) is 37.4 Å². The summed E-state index contributed by atoms with van der Waals surface area (Å²) in [6.07, 6.45) is 0.887. The molecule has 124 valence electrons. The SMILES string of the molecule is Cc1cccc(CS(=O)(=O)N2CCS[C@@H](c3cccs3)CC2)c1. The van der Waals surface area contributed by atoms with Crippen LogP contribution in [0.2, 0.25) is 0 Å². The molecule has 0 N–H and O–H groups in total.